The molecule has 0 aromatic heterocycles. The summed E-state index contributed by atoms with van der Waals surface area (Å²) < 4.78 is 0. The second-order valence-electron chi connectivity index (χ2n) is 17.1. The van der Waals surface area contributed by atoms with Crippen molar-refractivity contribution < 1.29 is 33.6 Å². The van der Waals surface area contributed by atoms with Crippen molar-refractivity contribution in [1.29, 1.82) is 0 Å². The van der Waals surface area contributed by atoms with Gasteiger partial charge in [0.1, 0.15) is 42.3 Å². The Hall–Kier alpha value is -3.71. The van der Waals surface area contributed by atoms with Gasteiger partial charge in [-0.1, -0.05) is 89.5 Å². The molecule has 2 heterocycles. The highest BCUT2D eigenvalue weighted by Crippen LogP contribution is 2.22. The van der Waals surface area contributed by atoms with Crippen LogP contribution in [0.5, 0.6) is 0 Å². The van der Waals surface area contributed by atoms with Crippen molar-refractivity contribution in [2.45, 2.75) is 164 Å². The quantitative estimate of drug-likeness (QED) is 0.198. The van der Waals surface area contributed by atoms with Gasteiger partial charge in [-0.25, -0.2) is 0 Å². The van der Waals surface area contributed by atoms with Crippen LogP contribution in [-0.4, -0.2) is 95.1 Å². The maximum absolute atomic E-state index is 14.2. The summed E-state index contributed by atoms with van der Waals surface area (Å²) in [4.78, 5) is 99.1. The van der Waals surface area contributed by atoms with E-state index in [1.165, 1.54) is 4.90 Å². The summed E-state index contributed by atoms with van der Waals surface area (Å²) in [7, 11) is 0. The van der Waals surface area contributed by atoms with Crippen molar-refractivity contribution in [1.82, 2.24) is 36.8 Å². The highest BCUT2D eigenvalue weighted by molar-refractivity contribution is 5.98. The molecule has 0 radical (unpaired) electrons. The Morgan fingerprint density at radius 3 is 1.28 bits per heavy atom. The molecule has 6 N–H and O–H groups in total. The second kappa shape index (κ2) is 20.7. The molecule has 0 unspecified atom stereocenters. The predicted molar refractivity (Wildman–Crippen MR) is 204 cm³/mol. The van der Waals surface area contributed by atoms with E-state index in [4.69, 9.17) is 0 Å². The first-order chi connectivity index (χ1) is 24.7. The molecular weight excluding hydrogens is 678 g/mol. The summed E-state index contributed by atoms with van der Waals surface area (Å²) in [5.41, 5.74) is 0. The van der Waals surface area contributed by atoms with Crippen LogP contribution in [0.4, 0.5) is 0 Å². The van der Waals surface area contributed by atoms with Crippen molar-refractivity contribution in [2.24, 2.45) is 35.5 Å². The summed E-state index contributed by atoms with van der Waals surface area (Å²) in [6, 6.07) is -6.96. The lowest BCUT2D eigenvalue weighted by Crippen LogP contribution is -2.61. The average molecular weight is 748 g/mol. The van der Waals surface area contributed by atoms with E-state index in [2.05, 4.69) is 31.9 Å². The van der Waals surface area contributed by atoms with Crippen LogP contribution in [0.25, 0.3) is 0 Å². The zero-order valence-electron chi connectivity index (χ0n) is 34.3. The Labute approximate surface area is 317 Å². The van der Waals surface area contributed by atoms with Crippen LogP contribution in [0.2, 0.25) is 0 Å². The molecule has 0 bridgehead atoms. The third-order valence-corrected chi connectivity index (χ3v) is 10.1. The van der Waals surface area contributed by atoms with E-state index in [1.54, 1.807) is 27.7 Å². The van der Waals surface area contributed by atoms with Gasteiger partial charge in [0.25, 0.3) is 0 Å². The molecule has 2 saturated heterocycles. The highest BCUT2D eigenvalue weighted by Gasteiger charge is 2.41. The molecule has 2 rings (SSSR count). The first-order valence-electron chi connectivity index (χ1n) is 19.8. The topological polar surface area (TPSA) is 195 Å². The molecular formula is C39H69N7O7. The standard InChI is InChI=1S/C39H69N7O7/c1-13-25(12)32-38(52)41-27(18-21(4)5)34(48)43-30(23(8)9)36(50)40-26(17-20(2)3)33(47)44-31(24(10)11)37(51)42-28(19-22(6)7)39(53)46-16-14-15-29(46)35(49)45-32/h20-32H,13-19H2,1-12H3,(H,40,50)(H,41,52)(H,42,51)(H,43,48)(H,44,47)(H,45,49)/t25-,26-,27-,28-,29-,30-,31-,32-/m0/s1. The Morgan fingerprint density at radius 2 is 0.887 bits per heavy atom. The molecule has 53 heavy (non-hydrogen) atoms. The number of nitrogens with one attached hydrogen (secondary N) is 6. The average Bonchev–Trinajstić information content (AvgIpc) is 3.55. The third-order valence-electron chi connectivity index (χ3n) is 10.1. The molecule has 14 heteroatoms. The van der Waals surface area contributed by atoms with E-state index in [1.807, 2.05) is 55.4 Å². The minimum atomic E-state index is -1.05. The van der Waals surface area contributed by atoms with E-state index >= 15 is 0 Å². The number of fused-ring (bicyclic) bond motifs is 1. The number of hydrogen-bond donors (Lipinski definition) is 6. The van der Waals surface area contributed by atoms with Gasteiger partial charge in [-0.15, -0.1) is 0 Å². The SMILES string of the molecule is CC[C@H](C)[C@@H]1NC(=O)[C@@H]2CCCN2C(=O)[C@H](CC(C)C)NC(=O)[C@H](C(C)C)NC(=O)[C@H](CC(C)C)NC(=O)[C@H](C(C)C)NC(=O)[C@H](CC(C)C)NC1=O. The first-order valence-corrected chi connectivity index (χ1v) is 19.8. The Bertz CT molecular complexity index is 1300. The van der Waals surface area contributed by atoms with Gasteiger partial charge in [0, 0.05) is 6.54 Å². The number of hydrogen-bond acceptors (Lipinski definition) is 7. The fraction of sp³-hybridized carbons (Fsp3) is 0.821. The number of carbonyl (C=O) groups is 7. The molecule has 7 amide bonds. The monoisotopic (exact) mass is 748 g/mol. The van der Waals surface area contributed by atoms with E-state index in [-0.39, 0.29) is 48.3 Å². The van der Waals surface area contributed by atoms with Gasteiger partial charge < -0.3 is 36.8 Å². The van der Waals surface area contributed by atoms with Crippen LogP contribution in [0, 0.1) is 35.5 Å². The number of rotatable bonds is 10. The predicted octanol–water partition coefficient (Wildman–Crippen LogP) is 2.40. The number of nitrogens with zero attached hydrogens (tertiary/aromatic N) is 1. The normalized spacial score (nSPS) is 28.3. The molecule has 14 nitrogen and oxygen atoms in total. The summed E-state index contributed by atoms with van der Waals surface area (Å²) in [5, 5.41) is 17.1. The maximum atomic E-state index is 14.2. The van der Waals surface area contributed by atoms with Crippen LogP contribution in [-0.2, 0) is 33.6 Å². The summed E-state index contributed by atoms with van der Waals surface area (Å²) in [6.45, 7) is 22.6. The Kier molecular flexibility index (Phi) is 17.7. The van der Waals surface area contributed by atoms with Crippen molar-refractivity contribution in [3.8, 4) is 0 Å². The molecule has 2 aliphatic heterocycles. The smallest absolute Gasteiger partial charge is 0.245 e. The first kappa shape index (κ1) is 45.4. The molecule has 0 aromatic carbocycles. The highest BCUT2D eigenvalue weighted by atomic mass is 16.2. The molecule has 8 atom stereocenters. The van der Waals surface area contributed by atoms with Crippen molar-refractivity contribution in [3.05, 3.63) is 0 Å². The molecule has 0 aromatic rings. The third kappa shape index (κ3) is 13.3. The molecule has 0 aliphatic carbocycles. The minimum Gasteiger partial charge on any atom is -0.343 e. The van der Waals surface area contributed by atoms with E-state index in [0.29, 0.717) is 32.2 Å². The number of amides is 7. The Balaban J connectivity index is 2.71. The largest absolute Gasteiger partial charge is 0.343 e. The molecule has 0 saturated carbocycles. The zero-order chi connectivity index (χ0) is 40.3. The minimum absolute atomic E-state index is 0.00817. The lowest BCUT2D eigenvalue weighted by atomic mass is 9.95. The van der Waals surface area contributed by atoms with E-state index in [9.17, 15) is 33.6 Å². The lowest BCUT2D eigenvalue weighted by Gasteiger charge is -2.33. The summed E-state index contributed by atoms with van der Waals surface area (Å²) in [5.74, 6) is -4.78. The fourth-order valence-corrected chi connectivity index (χ4v) is 6.92. The van der Waals surface area contributed by atoms with Crippen molar-refractivity contribution in [2.75, 3.05) is 6.54 Å². The maximum Gasteiger partial charge on any atom is 0.245 e. The van der Waals surface area contributed by atoms with Crippen molar-refractivity contribution >= 4 is 41.4 Å². The second-order valence-corrected chi connectivity index (χ2v) is 17.1. The molecule has 0 spiro atoms. The number of carbonyl (C=O) groups excluding carboxylic acids is 7. The van der Waals surface area contributed by atoms with Crippen LogP contribution in [0.15, 0.2) is 0 Å². The molecule has 302 valence electrons. The molecule has 2 aliphatic rings. The van der Waals surface area contributed by atoms with Gasteiger partial charge in [-0.3, -0.25) is 33.6 Å². The van der Waals surface area contributed by atoms with Gasteiger partial charge in [0.05, 0.1) is 0 Å². The fourth-order valence-electron chi connectivity index (χ4n) is 6.92. The van der Waals surface area contributed by atoms with Gasteiger partial charge in [-0.05, 0) is 67.6 Å². The summed E-state index contributed by atoms with van der Waals surface area (Å²) >= 11 is 0. The Morgan fingerprint density at radius 1 is 0.509 bits per heavy atom. The van der Waals surface area contributed by atoms with Gasteiger partial charge in [0.2, 0.25) is 41.4 Å². The van der Waals surface area contributed by atoms with E-state index in [0.717, 1.165) is 0 Å². The molecule has 2 fully saturated rings. The van der Waals surface area contributed by atoms with Gasteiger partial charge in [-0.2, -0.15) is 0 Å². The summed E-state index contributed by atoms with van der Waals surface area (Å²) in [6.07, 6.45) is 2.32. The van der Waals surface area contributed by atoms with Crippen LogP contribution >= 0.6 is 0 Å². The lowest BCUT2D eigenvalue weighted by molar-refractivity contribution is -0.143. The van der Waals surface area contributed by atoms with Gasteiger partial charge >= 0.3 is 0 Å². The van der Waals surface area contributed by atoms with Gasteiger partial charge in [0.15, 0.2) is 0 Å². The van der Waals surface area contributed by atoms with Crippen molar-refractivity contribution in [3.63, 3.8) is 0 Å². The van der Waals surface area contributed by atoms with E-state index < -0.39 is 83.6 Å². The van der Waals surface area contributed by atoms with Crippen LogP contribution in [0.1, 0.15) is 122 Å². The zero-order valence-corrected chi connectivity index (χ0v) is 34.3. The van der Waals surface area contributed by atoms with Crippen LogP contribution in [0.3, 0.4) is 0 Å². The van der Waals surface area contributed by atoms with Crippen LogP contribution < -0.4 is 31.9 Å².